The minimum absolute atomic E-state index is 0.0305. The van der Waals surface area contributed by atoms with Crippen molar-refractivity contribution in [1.82, 2.24) is 24.4 Å². The van der Waals surface area contributed by atoms with Crippen LogP contribution in [0.2, 0.25) is 0 Å². The molecule has 2 aliphatic heterocycles. The molecule has 0 saturated carbocycles. The molecular formula is C32H52N7O4P. The zero-order valence-electron chi connectivity index (χ0n) is 29.3. The minimum Gasteiger partial charge on any atom is -0.400 e. The lowest BCUT2D eigenvalue weighted by Gasteiger charge is -2.47. The zero-order valence-corrected chi connectivity index (χ0v) is 28.2. The van der Waals surface area contributed by atoms with Crippen LogP contribution in [0.15, 0.2) is 41.7 Å². The first kappa shape index (κ1) is 33.1. The molecule has 1 saturated heterocycles. The number of fused-ring (bicyclic) bond motifs is 1. The number of nitrogens with zero attached hydrogens (tertiary/aromatic N) is 6. The Labute approximate surface area is 268 Å². The van der Waals surface area contributed by atoms with Crippen molar-refractivity contribution in [3.63, 3.8) is 0 Å². The average molecular weight is 633 g/mol. The van der Waals surface area contributed by atoms with Gasteiger partial charge in [-0.15, -0.1) is 0 Å². The Morgan fingerprint density at radius 2 is 2.00 bits per heavy atom. The van der Waals surface area contributed by atoms with Gasteiger partial charge in [0.25, 0.3) is 8.53 Å². The molecule has 11 nitrogen and oxygen atoms in total. The standard InChI is InChI=1S/C31H48N7O3P.CH4O/c1-23(2)36-19-28(37-22-35-29-27(14-15-33-30(29)37)34-18-26-12-10-9-11-13-26)41-31(7,20-36)21-40-42(39-17-16-32-8)38(24(3)4)25(5)6;1-2/h9-13,15,22-25,27-28,34H,14,16-21H2,1-7H3;2H,1H3/t27?,28-,31+,42?;/m1./s1/i7D;2T. The molecule has 12 heteroatoms. The Bertz CT molecular complexity index is 1240. The van der Waals surface area contributed by atoms with Gasteiger partial charge in [0.1, 0.15) is 24.1 Å². The maximum absolute atomic E-state index is 8.65. The average Bonchev–Trinajstić information content (AvgIpc) is 3.48. The molecule has 2 N–H and O–H groups in total. The van der Waals surface area contributed by atoms with Crippen LogP contribution in [-0.2, 0) is 20.3 Å². The number of morpholine rings is 1. The molecule has 2 unspecified atom stereocenters. The van der Waals surface area contributed by atoms with Crippen molar-refractivity contribution in [3.05, 3.63) is 59.3 Å². The Balaban J connectivity index is 0.00000185. The molecule has 4 atom stereocenters. The predicted molar refractivity (Wildman–Crippen MR) is 177 cm³/mol. The van der Waals surface area contributed by atoms with Gasteiger partial charge in [0.2, 0.25) is 7.98 Å². The summed E-state index contributed by atoms with van der Waals surface area (Å²) in [4.78, 5) is 15.4. The van der Waals surface area contributed by atoms with Gasteiger partial charge >= 0.3 is 0 Å². The molecule has 1 aromatic heterocycles. The van der Waals surface area contributed by atoms with E-state index >= 15 is 0 Å². The molecule has 0 aliphatic carbocycles. The van der Waals surface area contributed by atoms with Crippen LogP contribution in [0.4, 0.5) is 5.82 Å². The molecule has 1 aromatic carbocycles. The fourth-order valence-corrected chi connectivity index (χ4v) is 7.11. The lowest BCUT2D eigenvalue weighted by atomic mass is 10.0. The third-order valence-corrected chi connectivity index (χ3v) is 9.53. The molecule has 4 rings (SSSR count). The monoisotopic (exact) mass is 632 g/mol. The molecule has 0 spiro atoms. The van der Waals surface area contributed by atoms with Crippen molar-refractivity contribution >= 4 is 20.6 Å². The quantitative estimate of drug-likeness (QED) is 0.155. The summed E-state index contributed by atoms with van der Waals surface area (Å²) in [6.07, 6.45) is 4.16. The van der Waals surface area contributed by atoms with E-state index in [4.69, 9.17) is 33.1 Å². The second kappa shape index (κ2) is 17.4. The molecule has 3 heterocycles. The molecule has 2 aromatic rings. The SMILES string of the molecule is [2H]C[C@@]1(COP(OCC[N+]#[C-])N(C(C)C)C(C)C)CN(C(C)C)C[C@H](n2cnc3c2N=CCC3NCc2ccccc2)O1.[3H]OC. The largest absolute Gasteiger partial charge is 0.400 e. The summed E-state index contributed by atoms with van der Waals surface area (Å²) in [6, 6.07) is 11.0. The number of hydrogen-bond donors (Lipinski definition) is 2. The van der Waals surface area contributed by atoms with Crippen molar-refractivity contribution in [3.8, 4) is 0 Å². The highest BCUT2D eigenvalue weighted by Crippen LogP contribution is 2.47. The van der Waals surface area contributed by atoms with Gasteiger partial charge in [0.15, 0.2) is 5.82 Å². The number of imidazole rings is 1. The topological polar surface area (TPSA) is 101 Å². The van der Waals surface area contributed by atoms with E-state index in [9.17, 15) is 0 Å². The third kappa shape index (κ3) is 9.62. The van der Waals surface area contributed by atoms with E-state index in [0.29, 0.717) is 19.7 Å². The summed E-state index contributed by atoms with van der Waals surface area (Å²) in [5.74, 6) is 0.794. The van der Waals surface area contributed by atoms with Crippen molar-refractivity contribution in [2.75, 3.05) is 40.0 Å². The first-order valence-corrected chi connectivity index (χ1v) is 16.5. The fourth-order valence-electron chi connectivity index (χ4n) is 5.43. The van der Waals surface area contributed by atoms with Crippen LogP contribution < -0.4 is 5.32 Å². The van der Waals surface area contributed by atoms with E-state index in [-0.39, 0.29) is 50.4 Å². The molecular weight excluding hydrogens is 577 g/mol. The van der Waals surface area contributed by atoms with Gasteiger partial charge in [0, 0.05) is 58.9 Å². The fraction of sp³-hybridized carbons (Fsp3) is 0.656. The summed E-state index contributed by atoms with van der Waals surface area (Å²) in [5.41, 5.74) is 1.26. The van der Waals surface area contributed by atoms with Crippen LogP contribution in [0, 0.1) is 6.57 Å². The highest BCUT2D eigenvalue weighted by Gasteiger charge is 2.42. The molecule has 2 aliphatic rings. The van der Waals surface area contributed by atoms with Gasteiger partial charge in [-0.3, -0.25) is 9.47 Å². The normalized spacial score (nSPS) is 23.2. The van der Waals surface area contributed by atoms with Crippen molar-refractivity contribution in [2.45, 2.75) is 97.4 Å². The number of hydrogen-bond acceptors (Lipinski definition) is 9. The van der Waals surface area contributed by atoms with Gasteiger partial charge in [-0.2, -0.15) is 0 Å². The molecule has 244 valence electrons. The highest BCUT2D eigenvalue weighted by atomic mass is 31.2. The first-order chi connectivity index (χ1) is 22.1. The summed E-state index contributed by atoms with van der Waals surface area (Å²) >= 11 is 0. The first-order valence-electron chi connectivity index (χ1n) is 16.5. The van der Waals surface area contributed by atoms with Crippen LogP contribution in [0.5, 0.6) is 0 Å². The zero-order chi connectivity index (χ0) is 33.7. The third-order valence-electron chi connectivity index (χ3n) is 7.47. The van der Waals surface area contributed by atoms with Gasteiger partial charge < -0.3 is 29.1 Å². The van der Waals surface area contributed by atoms with E-state index in [0.717, 1.165) is 24.5 Å². The van der Waals surface area contributed by atoms with Crippen LogP contribution in [-0.4, -0.2) is 95.6 Å². The molecule has 0 radical (unpaired) electrons. The Hall–Kier alpha value is -2.26. The second-order valence-electron chi connectivity index (χ2n) is 11.9. The number of aliphatic hydroxyl groups excluding tert-OH is 1. The van der Waals surface area contributed by atoms with Crippen molar-refractivity contribution in [1.29, 1.82) is 1.43 Å². The summed E-state index contributed by atoms with van der Waals surface area (Å²) in [5, 5.41) is 7.14. The molecule has 0 bridgehead atoms. The predicted octanol–water partition coefficient (Wildman–Crippen LogP) is 5.72. The van der Waals surface area contributed by atoms with Gasteiger partial charge in [0.05, 0.1) is 19.0 Å². The van der Waals surface area contributed by atoms with E-state index in [1.165, 1.54) is 12.7 Å². The maximum Gasteiger partial charge on any atom is 0.259 e. The molecule has 44 heavy (non-hydrogen) atoms. The van der Waals surface area contributed by atoms with E-state index in [2.05, 4.69) is 90.6 Å². The Morgan fingerprint density at radius 3 is 2.64 bits per heavy atom. The van der Waals surface area contributed by atoms with Crippen LogP contribution in [0.25, 0.3) is 4.85 Å². The molecule has 0 amide bonds. The lowest BCUT2D eigenvalue weighted by Crippen LogP contribution is -2.56. The second-order valence-corrected chi connectivity index (χ2v) is 13.4. The lowest BCUT2D eigenvalue weighted by molar-refractivity contribution is -0.192. The number of benzene rings is 1. The Morgan fingerprint density at radius 1 is 1.27 bits per heavy atom. The number of aliphatic imine (C=N–C) groups is 1. The van der Waals surface area contributed by atoms with E-state index < -0.39 is 14.1 Å². The van der Waals surface area contributed by atoms with E-state index in [1.54, 1.807) is 0 Å². The van der Waals surface area contributed by atoms with E-state index in [1.807, 2.05) is 23.2 Å². The van der Waals surface area contributed by atoms with Gasteiger partial charge in [-0.1, -0.05) is 30.3 Å². The molecule has 1 fully saturated rings. The highest BCUT2D eigenvalue weighted by molar-refractivity contribution is 7.44. The van der Waals surface area contributed by atoms with Crippen LogP contribution in [0.1, 0.15) is 79.8 Å². The Kier molecular flexibility index (Phi) is 13.1. The van der Waals surface area contributed by atoms with Crippen LogP contribution in [0.3, 0.4) is 0 Å². The van der Waals surface area contributed by atoms with Crippen LogP contribution >= 0.6 is 8.53 Å². The number of ether oxygens (including phenoxy) is 1. The number of aromatic nitrogens is 2. The number of aliphatic hydroxyl groups is 1. The summed E-state index contributed by atoms with van der Waals surface area (Å²) in [6.45, 7) is 22.8. The van der Waals surface area contributed by atoms with Gasteiger partial charge in [-0.05, 0) is 54.0 Å². The number of nitrogens with one attached hydrogen (secondary N) is 1. The minimum atomic E-state index is -1.45. The number of rotatable bonds is 14. The van der Waals surface area contributed by atoms with Crippen molar-refractivity contribution < 1.29 is 20.3 Å². The summed E-state index contributed by atoms with van der Waals surface area (Å²) < 4.78 is 38.1. The van der Waals surface area contributed by atoms with Crippen molar-refractivity contribution in [2.24, 2.45) is 4.99 Å². The van der Waals surface area contributed by atoms with Gasteiger partial charge in [-0.25, -0.2) is 21.2 Å². The smallest absolute Gasteiger partial charge is 0.259 e. The summed E-state index contributed by atoms with van der Waals surface area (Å²) in [7, 11) is -0.155. The maximum atomic E-state index is 8.65.